The Kier molecular flexibility index (Phi) is 3.84. The molecule has 0 bridgehead atoms. The Bertz CT molecular complexity index is 793. The van der Waals surface area contributed by atoms with Crippen molar-refractivity contribution in [3.05, 3.63) is 82.6 Å². The van der Waals surface area contributed by atoms with Crippen LogP contribution in [0.2, 0.25) is 0 Å². The van der Waals surface area contributed by atoms with Crippen LogP contribution in [0.1, 0.15) is 11.5 Å². The van der Waals surface area contributed by atoms with Gasteiger partial charge in [-0.15, -0.1) is 0 Å². The van der Waals surface area contributed by atoms with Crippen molar-refractivity contribution in [2.24, 2.45) is 5.73 Å². The summed E-state index contributed by atoms with van der Waals surface area (Å²) >= 11 is 0. The van der Waals surface area contributed by atoms with Crippen LogP contribution in [-0.4, -0.2) is 11.1 Å². The zero-order valence-electron chi connectivity index (χ0n) is 11.8. The van der Waals surface area contributed by atoms with Crippen LogP contribution in [0.15, 0.2) is 71.7 Å². The van der Waals surface area contributed by atoms with Gasteiger partial charge in [-0.1, -0.05) is 42.5 Å². The number of nitrogens with zero attached hydrogens (tertiary/aromatic N) is 1. The van der Waals surface area contributed by atoms with Gasteiger partial charge in [0.25, 0.3) is 0 Å². The van der Waals surface area contributed by atoms with Crippen molar-refractivity contribution >= 4 is 10.9 Å². The Morgan fingerprint density at radius 1 is 0.952 bits per heavy atom. The molecule has 0 amide bonds. The number of aromatic nitrogens is 1. The van der Waals surface area contributed by atoms with Gasteiger partial charge in [-0.2, -0.15) is 0 Å². The van der Waals surface area contributed by atoms with E-state index in [4.69, 9.17) is 5.73 Å². The standard InChI is InChI=1S/C18H18N2O/c19-12-15(14-6-2-1-3-7-14)13-20-11-10-18(21)16-8-4-5-9-17(16)20/h1-11,15H,12-13,19H2. The monoisotopic (exact) mass is 278 g/mol. The van der Waals surface area contributed by atoms with Crippen LogP contribution < -0.4 is 11.2 Å². The molecule has 21 heavy (non-hydrogen) atoms. The number of nitrogens with two attached hydrogens (primary N) is 1. The van der Waals surface area contributed by atoms with Crippen molar-refractivity contribution in [2.75, 3.05) is 6.54 Å². The zero-order chi connectivity index (χ0) is 14.7. The lowest BCUT2D eigenvalue weighted by atomic mass is 9.99. The highest BCUT2D eigenvalue weighted by atomic mass is 16.1. The van der Waals surface area contributed by atoms with Crippen molar-refractivity contribution in [1.82, 2.24) is 4.57 Å². The molecule has 0 spiro atoms. The highest BCUT2D eigenvalue weighted by molar-refractivity contribution is 5.78. The minimum Gasteiger partial charge on any atom is -0.347 e. The summed E-state index contributed by atoms with van der Waals surface area (Å²) in [5, 5.41) is 0.754. The predicted octanol–water partition coefficient (Wildman–Crippen LogP) is 2.74. The van der Waals surface area contributed by atoms with E-state index < -0.39 is 0 Å². The van der Waals surface area contributed by atoms with E-state index in [0.717, 1.165) is 17.4 Å². The molecule has 0 fully saturated rings. The molecule has 1 atom stereocenters. The Morgan fingerprint density at radius 2 is 1.67 bits per heavy atom. The molecular formula is C18H18N2O. The minimum absolute atomic E-state index is 0.0610. The lowest BCUT2D eigenvalue weighted by Crippen LogP contribution is -2.19. The number of benzene rings is 2. The third-order valence-corrected chi connectivity index (χ3v) is 3.86. The maximum absolute atomic E-state index is 11.9. The number of para-hydroxylation sites is 1. The second kappa shape index (κ2) is 5.94. The molecule has 1 aromatic heterocycles. The smallest absolute Gasteiger partial charge is 0.189 e. The maximum Gasteiger partial charge on any atom is 0.189 e. The van der Waals surface area contributed by atoms with E-state index in [0.29, 0.717) is 6.54 Å². The van der Waals surface area contributed by atoms with E-state index in [1.165, 1.54) is 5.56 Å². The summed E-state index contributed by atoms with van der Waals surface area (Å²) in [5.41, 5.74) is 8.20. The van der Waals surface area contributed by atoms with Gasteiger partial charge in [-0.05, 0) is 17.7 Å². The molecule has 106 valence electrons. The summed E-state index contributed by atoms with van der Waals surface area (Å²) < 4.78 is 2.11. The quantitative estimate of drug-likeness (QED) is 0.797. The van der Waals surface area contributed by atoms with E-state index in [2.05, 4.69) is 16.7 Å². The molecule has 1 heterocycles. The topological polar surface area (TPSA) is 48.0 Å². The molecule has 0 aliphatic heterocycles. The number of hydrogen-bond donors (Lipinski definition) is 1. The minimum atomic E-state index is 0.0610. The summed E-state index contributed by atoms with van der Waals surface area (Å²) in [5.74, 6) is 0.233. The van der Waals surface area contributed by atoms with Crippen molar-refractivity contribution in [2.45, 2.75) is 12.5 Å². The van der Waals surface area contributed by atoms with Crippen molar-refractivity contribution in [3.63, 3.8) is 0 Å². The molecule has 0 aliphatic rings. The summed E-state index contributed by atoms with van der Waals surface area (Å²) in [7, 11) is 0. The molecule has 3 aromatic rings. The van der Waals surface area contributed by atoms with Crippen LogP contribution in [0.3, 0.4) is 0 Å². The van der Waals surface area contributed by atoms with Crippen LogP contribution in [0.5, 0.6) is 0 Å². The fraction of sp³-hybridized carbons (Fsp3) is 0.167. The van der Waals surface area contributed by atoms with Crippen LogP contribution in [0.4, 0.5) is 0 Å². The van der Waals surface area contributed by atoms with Gasteiger partial charge in [-0.3, -0.25) is 4.79 Å². The molecule has 2 aromatic carbocycles. The number of fused-ring (bicyclic) bond motifs is 1. The van der Waals surface area contributed by atoms with Gasteiger partial charge in [0.15, 0.2) is 5.43 Å². The second-order valence-corrected chi connectivity index (χ2v) is 5.19. The molecule has 0 radical (unpaired) electrons. The molecule has 3 nitrogen and oxygen atoms in total. The van der Waals surface area contributed by atoms with E-state index in [9.17, 15) is 4.79 Å². The molecule has 2 N–H and O–H groups in total. The van der Waals surface area contributed by atoms with Gasteiger partial charge in [0.05, 0.1) is 5.52 Å². The fourth-order valence-corrected chi connectivity index (χ4v) is 2.70. The Hall–Kier alpha value is -2.39. The van der Waals surface area contributed by atoms with Crippen molar-refractivity contribution in [3.8, 4) is 0 Å². The Balaban J connectivity index is 2.01. The highest BCUT2D eigenvalue weighted by Gasteiger charge is 2.11. The predicted molar refractivity (Wildman–Crippen MR) is 86.4 cm³/mol. The number of pyridine rings is 1. The summed E-state index contributed by atoms with van der Waals surface area (Å²) in [6.45, 7) is 1.34. The van der Waals surface area contributed by atoms with Gasteiger partial charge in [0.1, 0.15) is 0 Å². The Labute approximate surface area is 123 Å². The maximum atomic E-state index is 11.9. The van der Waals surface area contributed by atoms with Gasteiger partial charge in [-0.25, -0.2) is 0 Å². The average Bonchev–Trinajstić information content (AvgIpc) is 2.55. The normalized spacial score (nSPS) is 12.4. The zero-order valence-corrected chi connectivity index (χ0v) is 11.8. The first-order valence-electron chi connectivity index (χ1n) is 7.13. The van der Waals surface area contributed by atoms with Gasteiger partial charge in [0, 0.05) is 36.7 Å². The largest absolute Gasteiger partial charge is 0.347 e. The number of hydrogen-bond acceptors (Lipinski definition) is 2. The molecule has 0 aliphatic carbocycles. The summed E-state index contributed by atoms with van der Waals surface area (Å²) in [4.78, 5) is 11.9. The van der Waals surface area contributed by atoms with Crippen LogP contribution in [0, 0.1) is 0 Å². The van der Waals surface area contributed by atoms with Crippen LogP contribution >= 0.6 is 0 Å². The Morgan fingerprint density at radius 3 is 2.43 bits per heavy atom. The summed E-state index contributed by atoms with van der Waals surface area (Å²) in [6.07, 6.45) is 1.86. The van der Waals surface area contributed by atoms with Crippen LogP contribution in [0.25, 0.3) is 10.9 Å². The highest BCUT2D eigenvalue weighted by Crippen LogP contribution is 2.19. The van der Waals surface area contributed by atoms with E-state index in [-0.39, 0.29) is 11.3 Å². The van der Waals surface area contributed by atoms with Gasteiger partial charge in [0.2, 0.25) is 0 Å². The average molecular weight is 278 g/mol. The molecule has 0 saturated heterocycles. The van der Waals surface area contributed by atoms with E-state index in [1.807, 2.05) is 48.7 Å². The first kappa shape index (κ1) is 13.6. The van der Waals surface area contributed by atoms with E-state index in [1.54, 1.807) is 6.07 Å². The third kappa shape index (κ3) is 2.73. The summed E-state index contributed by atoms with van der Waals surface area (Å²) in [6, 6.07) is 19.6. The lowest BCUT2D eigenvalue weighted by Gasteiger charge is -2.19. The molecule has 3 rings (SSSR count). The lowest BCUT2D eigenvalue weighted by molar-refractivity contribution is 0.577. The van der Waals surface area contributed by atoms with Gasteiger partial charge >= 0.3 is 0 Å². The second-order valence-electron chi connectivity index (χ2n) is 5.19. The van der Waals surface area contributed by atoms with E-state index >= 15 is 0 Å². The first-order chi connectivity index (χ1) is 10.3. The van der Waals surface area contributed by atoms with Gasteiger partial charge < -0.3 is 10.3 Å². The van der Waals surface area contributed by atoms with Crippen molar-refractivity contribution < 1.29 is 0 Å². The molecule has 1 unspecified atom stereocenters. The van der Waals surface area contributed by atoms with Crippen molar-refractivity contribution in [1.29, 1.82) is 0 Å². The fourth-order valence-electron chi connectivity index (χ4n) is 2.70. The molecule has 3 heteroatoms. The first-order valence-corrected chi connectivity index (χ1v) is 7.13. The third-order valence-electron chi connectivity index (χ3n) is 3.86. The van der Waals surface area contributed by atoms with Crippen LogP contribution in [-0.2, 0) is 6.54 Å². The molecular weight excluding hydrogens is 260 g/mol. The SMILES string of the molecule is NCC(Cn1ccc(=O)c2ccccc21)c1ccccc1. The number of rotatable bonds is 4. The molecule has 0 saturated carbocycles.